The number of nitrogens with zero attached hydrogens (tertiary/aromatic N) is 4. The number of hydrogen-bond donors (Lipinski definition) is 2. The number of hydrogen-bond acceptors (Lipinski definition) is 6. The number of rotatable bonds is 6. The average Bonchev–Trinajstić information content (AvgIpc) is 3.27. The number of pyridine rings is 3. The van der Waals surface area contributed by atoms with Crippen LogP contribution in [0.1, 0.15) is 43.0 Å². The van der Waals surface area contributed by atoms with Gasteiger partial charge >= 0.3 is 0 Å². The topological polar surface area (TPSA) is 86.8 Å². The number of H-pyrrole nitrogens is 1. The fourth-order valence-corrected chi connectivity index (χ4v) is 4.93. The zero-order chi connectivity index (χ0) is 22.9. The third-order valence-electron chi connectivity index (χ3n) is 6.61. The van der Waals surface area contributed by atoms with Crippen molar-refractivity contribution in [3.05, 3.63) is 48.4 Å². The molecule has 194 valence electrons. The number of anilines is 1. The van der Waals surface area contributed by atoms with Gasteiger partial charge < -0.3 is 15.2 Å². The van der Waals surface area contributed by atoms with E-state index in [9.17, 15) is 4.79 Å². The van der Waals surface area contributed by atoms with Gasteiger partial charge in [0.1, 0.15) is 11.2 Å². The van der Waals surface area contributed by atoms with Crippen molar-refractivity contribution in [2.24, 2.45) is 5.92 Å². The van der Waals surface area contributed by atoms with E-state index in [0.29, 0.717) is 11.6 Å². The molecule has 4 aromatic heterocycles. The average molecular weight is 552 g/mol. The highest BCUT2D eigenvalue weighted by Gasteiger charge is 2.24. The number of ketones is 1. The van der Waals surface area contributed by atoms with Crippen LogP contribution < -0.4 is 5.32 Å². The maximum absolute atomic E-state index is 12.5. The summed E-state index contributed by atoms with van der Waals surface area (Å²) in [5, 5.41) is 4.73. The van der Waals surface area contributed by atoms with Crippen LogP contribution in [-0.2, 0) is 0 Å². The lowest BCUT2D eigenvalue weighted by Gasteiger charge is -2.31. The summed E-state index contributed by atoms with van der Waals surface area (Å²) in [6.07, 6.45) is 9.95. The first kappa shape index (κ1) is 29.8. The van der Waals surface area contributed by atoms with Gasteiger partial charge in [0.15, 0.2) is 5.78 Å². The molecule has 1 fully saturated rings. The zero-order valence-electron chi connectivity index (χ0n) is 20.7. The van der Waals surface area contributed by atoms with Gasteiger partial charge in [-0.3, -0.25) is 9.78 Å². The van der Waals surface area contributed by atoms with Crippen LogP contribution in [0.3, 0.4) is 0 Å². The first-order valence-corrected chi connectivity index (χ1v) is 11.6. The Bertz CT molecular complexity index is 1320. The van der Waals surface area contributed by atoms with E-state index in [1.165, 1.54) is 12.8 Å². The monoisotopic (exact) mass is 550 g/mol. The molecule has 0 aromatic carbocycles. The van der Waals surface area contributed by atoms with Crippen molar-refractivity contribution in [2.75, 3.05) is 26.0 Å². The lowest BCUT2D eigenvalue weighted by molar-refractivity contribution is 0.101. The second-order valence-corrected chi connectivity index (χ2v) is 9.43. The van der Waals surface area contributed by atoms with Gasteiger partial charge in [0.05, 0.1) is 22.5 Å². The van der Waals surface area contributed by atoms with Crippen LogP contribution in [0.25, 0.3) is 33.3 Å². The van der Waals surface area contributed by atoms with Crippen LogP contribution in [0.15, 0.2) is 42.9 Å². The molecule has 0 bridgehead atoms. The number of Topliss-reactive ketones (excluding diaryl/α,β-unsaturated/α-hetero) is 1. The molecular formula is C26H33Cl3N6O. The van der Waals surface area contributed by atoms with Crippen LogP contribution in [-0.4, -0.2) is 57.3 Å². The van der Waals surface area contributed by atoms with Gasteiger partial charge in [0.2, 0.25) is 0 Å². The van der Waals surface area contributed by atoms with E-state index >= 15 is 0 Å². The molecule has 0 spiro atoms. The van der Waals surface area contributed by atoms with E-state index in [4.69, 9.17) is 4.98 Å². The number of nitrogens with one attached hydrogen (secondary N) is 2. The van der Waals surface area contributed by atoms with Gasteiger partial charge in [0.25, 0.3) is 0 Å². The highest BCUT2D eigenvalue weighted by atomic mass is 35.5. The minimum Gasteiger partial charge on any atom is -0.380 e. The number of carbonyl (C=O) groups is 1. The lowest BCUT2D eigenvalue weighted by atomic mass is 9.85. The maximum atomic E-state index is 12.5. The second kappa shape index (κ2) is 12.7. The maximum Gasteiger partial charge on any atom is 0.163 e. The van der Waals surface area contributed by atoms with Gasteiger partial charge in [-0.05, 0) is 76.9 Å². The van der Waals surface area contributed by atoms with Crippen molar-refractivity contribution < 1.29 is 4.79 Å². The predicted molar refractivity (Wildman–Crippen MR) is 154 cm³/mol. The minimum absolute atomic E-state index is 0. The highest BCUT2D eigenvalue weighted by Crippen LogP contribution is 2.32. The highest BCUT2D eigenvalue weighted by molar-refractivity contribution is 6.06. The summed E-state index contributed by atoms with van der Waals surface area (Å²) in [5.74, 6) is 0.732. The van der Waals surface area contributed by atoms with Crippen LogP contribution >= 0.6 is 37.2 Å². The summed E-state index contributed by atoms with van der Waals surface area (Å²) in [5.41, 5.74) is 5.54. The SMILES string of the molecule is CC(=O)c1cnc2ccc(-c3cnc4[nH]ccc4c3)nc2c1N[C@H]1CC[C@H](CN(C)C)CC1.Cl.Cl.Cl. The number of aromatic nitrogens is 4. The smallest absolute Gasteiger partial charge is 0.163 e. The van der Waals surface area contributed by atoms with E-state index in [2.05, 4.69) is 45.3 Å². The molecule has 0 saturated heterocycles. The Morgan fingerprint density at radius 2 is 1.81 bits per heavy atom. The van der Waals surface area contributed by atoms with Crippen molar-refractivity contribution in [1.82, 2.24) is 24.8 Å². The third kappa shape index (κ3) is 6.27. The largest absolute Gasteiger partial charge is 0.380 e. The molecule has 2 N–H and O–H groups in total. The van der Waals surface area contributed by atoms with Crippen LogP contribution in [0, 0.1) is 5.92 Å². The van der Waals surface area contributed by atoms with Crippen LogP contribution in [0.4, 0.5) is 5.69 Å². The molecule has 1 aliphatic rings. The number of aromatic amines is 1. The van der Waals surface area contributed by atoms with Gasteiger partial charge in [0, 0.05) is 42.1 Å². The quantitative estimate of drug-likeness (QED) is 0.279. The van der Waals surface area contributed by atoms with Gasteiger partial charge in [-0.1, -0.05) is 0 Å². The van der Waals surface area contributed by atoms with Crippen molar-refractivity contribution in [3.8, 4) is 11.3 Å². The summed E-state index contributed by atoms with van der Waals surface area (Å²) in [6, 6.07) is 8.35. The molecule has 0 aliphatic heterocycles. The Morgan fingerprint density at radius 3 is 2.50 bits per heavy atom. The van der Waals surface area contributed by atoms with Crippen molar-refractivity contribution in [2.45, 2.75) is 38.6 Å². The van der Waals surface area contributed by atoms with Crippen molar-refractivity contribution in [1.29, 1.82) is 0 Å². The number of fused-ring (bicyclic) bond motifs is 2. The first-order valence-electron chi connectivity index (χ1n) is 11.6. The molecule has 4 aromatic rings. The Morgan fingerprint density at radius 1 is 1.06 bits per heavy atom. The summed E-state index contributed by atoms with van der Waals surface area (Å²) in [4.78, 5) is 31.9. The van der Waals surface area contributed by atoms with E-state index in [1.54, 1.807) is 13.1 Å². The standard InChI is InChI=1S/C26H30N6O.3ClH/c1-16(33)21-14-28-23-9-8-22(19-12-18-10-11-27-26(18)29-13-19)31-25(23)24(21)30-20-6-4-17(5-7-20)15-32(2)3;;;/h8-14,17,20H,4-7,15H2,1-3H3,(H,27,29)(H,28,30);3*1H/t17-,20-;;;. The first-order chi connectivity index (χ1) is 16.0. The molecule has 10 heteroatoms. The second-order valence-electron chi connectivity index (χ2n) is 9.43. The van der Waals surface area contributed by atoms with E-state index in [0.717, 1.165) is 64.3 Å². The van der Waals surface area contributed by atoms with Gasteiger partial charge in [-0.25, -0.2) is 9.97 Å². The zero-order valence-corrected chi connectivity index (χ0v) is 23.1. The van der Waals surface area contributed by atoms with Crippen LogP contribution in [0.2, 0.25) is 0 Å². The molecule has 0 amide bonds. The summed E-state index contributed by atoms with van der Waals surface area (Å²) < 4.78 is 0. The van der Waals surface area contributed by atoms with E-state index in [-0.39, 0.29) is 43.0 Å². The predicted octanol–water partition coefficient (Wildman–Crippen LogP) is 6.17. The number of carbonyl (C=O) groups excluding carboxylic acids is 1. The van der Waals surface area contributed by atoms with Crippen molar-refractivity contribution in [3.63, 3.8) is 0 Å². The molecule has 4 heterocycles. The molecule has 1 aliphatic carbocycles. The normalized spacial score (nSPS) is 17.2. The van der Waals surface area contributed by atoms with Crippen LogP contribution in [0.5, 0.6) is 0 Å². The molecule has 0 unspecified atom stereocenters. The molecule has 5 rings (SSSR count). The Hall–Kier alpha value is -2.45. The molecular weight excluding hydrogens is 519 g/mol. The molecule has 1 saturated carbocycles. The Kier molecular flexibility index (Phi) is 10.5. The fourth-order valence-electron chi connectivity index (χ4n) is 4.93. The Labute approximate surface area is 230 Å². The lowest BCUT2D eigenvalue weighted by Crippen LogP contribution is -2.31. The Balaban J connectivity index is 0.00000152. The van der Waals surface area contributed by atoms with E-state index < -0.39 is 0 Å². The molecule has 36 heavy (non-hydrogen) atoms. The minimum atomic E-state index is -0.00388. The third-order valence-corrected chi connectivity index (χ3v) is 6.61. The summed E-state index contributed by atoms with van der Waals surface area (Å²) in [6.45, 7) is 2.73. The molecule has 0 radical (unpaired) electrons. The molecule has 0 atom stereocenters. The number of halogens is 3. The van der Waals surface area contributed by atoms with E-state index in [1.807, 2.05) is 30.6 Å². The fraction of sp³-hybridized carbons (Fsp3) is 0.385. The van der Waals surface area contributed by atoms with Gasteiger partial charge in [-0.2, -0.15) is 0 Å². The van der Waals surface area contributed by atoms with Crippen molar-refractivity contribution >= 4 is 70.8 Å². The van der Waals surface area contributed by atoms with Gasteiger partial charge in [-0.15, -0.1) is 37.2 Å². The summed E-state index contributed by atoms with van der Waals surface area (Å²) >= 11 is 0. The molecule has 7 nitrogen and oxygen atoms in total. The summed E-state index contributed by atoms with van der Waals surface area (Å²) in [7, 11) is 4.28.